The second-order valence-electron chi connectivity index (χ2n) is 8.00. The van der Waals surface area contributed by atoms with Gasteiger partial charge in [0.1, 0.15) is 11.4 Å². The zero-order chi connectivity index (χ0) is 23.1. The van der Waals surface area contributed by atoms with Crippen LogP contribution < -0.4 is 4.72 Å². The van der Waals surface area contributed by atoms with E-state index in [4.69, 9.17) is 5.26 Å². The third-order valence-electron chi connectivity index (χ3n) is 4.37. The number of halogens is 4. The Morgan fingerprint density at radius 1 is 1.14 bits per heavy atom. The number of benzene rings is 1. The van der Waals surface area contributed by atoms with Crippen LogP contribution in [0.5, 0.6) is 0 Å². The van der Waals surface area contributed by atoms with Crippen molar-refractivity contribution in [3.8, 4) is 6.07 Å². The summed E-state index contributed by atoms with van der Waals surface area (Å²) in [5.41, 5.74) is -4.01. The van der Waals surface area contributed by atoms with Crippen molar-refractivity contribution in [3.05, 3.63) is 34.1 Å². The van der Waals surface area contributed by atoms with Gasteiger partial charge in [-0.2, -0.15) is 9.98 Å². The van der Waals surface area contributed by atoms with Crippen LogP contribution in [0.3, 0.4) is 0 Å². The molecule has 0 saturated carbocycles. The summed E-state index contributed by atoms with van der Waals surface area (Å²) in [6, 6.07) is 4.40. The third kappa shape index (κ3) is 5.13. The topological polar surface area (TPSA) is 104 Å². The molecule has 0 bridgehead atoms. The standard InChI is InChI=1S/C17H22BrF3N2O4S2/c1-15(2,3)29(26,27)23-17(14(20)21,10-28(24,25)16(4,5)9-22)12-8-11(18)6-7-13(12)19/h6-8,14,23H,10H2,1-5H3/t17-/m1/s1. The van der Waals surface area contributed by atoms with E-state index in [1.807, 2.05) is 0 Å². The van der Waals surface area contributed by atoms with Gasteiger partial charge in [0.15, 0.2) is 14.6 Å². The third-order valence-corrected chi connectivity index (χ3v) is 9.59. The zero-order valence-electron chi connectivity index (χ0n) is 16.4. The molecule has 0 aromatic heterocycles. The largest absolute Gasteiger partial charge is 0.262 e. The molecule has 0 radical (unpaired) electrons. The molecule has 29 heavy (non-hydrogen) atoms. The molecule has 0 aliphatic rings. The lowest BCUT2D eigenvalue weighted by molar-refractivity contribution is 0.0514. The smallest absolute Gasteiger partial charge is 0.227 e. The first-order chi connectivity index (χ1) is 12.8. The Bertz CT molecular complexity index is 1030. The van der Waals surface area contributed by atoms with Crippen molar-refractivity contribution in [2.24, 2.45) is 0 Å². The molecule has 164 valence electrons. The molecule has 6 nitrogen and oxygen atoms in total. The predicted molar refractivity (Wildman–Crippen MR) is 107 cm³/mol. The highest BCUT2D eigenvalue weighted by Crippen LogP contribution is 2.38. The maximum absolute atomic E-state index is 14.6. The highest BCUT2D eigenvalue weighted by molar-refractivity contribution is 9.10. The Labute approximate surface area is 177 Å². The second kappa shape index (κ2) is 8.17. The Balaban J connectivity index is 3.94. The number of rotatable bonds is 7. The Morgan fingerprint density at radius 2 is 1.66 bits per heavy atom. The van der Waals surface area contributed by atoms with Crippen LogP contribution in [0, 0.1) is 17.1 Å². The molecule has 0 aliphatic heterocycles. The van der Waals surface area contributed by atoms with Crippen LogP contribution in [-0.2, 0) is 25.4 Å². The van der Waals surface area contributed by atoms with Gasteiger partial charge >= 0.3 is 0 Å². The Kier molecular flexibility index (Phi) is 7.29. The summed E-state index contributed by atoms with van der Waals surface area (Å²) in [5, 5.41) is 9.16. The number of hydrogen-bond acceptors (Lipinski definition) is 5. The van der Waals surface area contributed by atoms with Crippen molar-refractivity contribution in [2.75, 3.05) is 5.75 Å². The van der Waals surface area contributed by atoms with Gasteiger partial charge in [0, 0.05) is 10.0 Å². The fourth-order valence-corrected chi connectivity index (χ4v) is 5.13. The van der Waals surface area contributed by atoms with E-state index in [0.29, 0.717) is 0 Å². The molecular weight excluding hydrogens is 497 g/mol. The van der Waals surface area contributed by atoms with Crippen molar-refractivity contribution < 1.29 is 30.0 Å². The number of nitrogens with zero attached hydrogens (tertiary/aromatic N) is 1. The summed E-state index contributed by atoms with van der Waals surface area (Å²) in [6.07, 6.45) is -3.66. The Morgan fingerprint density at radius 3 is 2.07 bits per heavy atom. The average Bonchev–Trinajstić information content (AvgIpc) is 2.54. The zero-order valence-corrected chi connectivity index (χ0v) is 19.6. The van der Waals surface area contributed by atoms with E-state index in [0.717, 1.165) is 26.0 Å². The summed E-state index contributed by atoms with van der Waals surface area (Å²) < 4.78 is 92.6. The van der Waals surface area contributed by atoms with Crippen LogP contribution in [0.1, 0.15) is 40.2 Å². The van der Waals surface area contributed by atoms with Crippen LogP contribution in [0.2, 0.25) is 0 Å². The normalized spacial score (nSPS) is 15.8. The number of sulfonamides is 1. The fraction of sp³-hybridized carbons (Fsp3) is 0.588. The van der Waals surface area contributed by atoms with Gasteiger partial charge in [0.05, 0.1) is 16.6 Å². The van der Waals surface area contributed by atoms with Gasteiger partial charge in [-0.3, -0.25) is 0 Å². The van der Waals surface area contributed by atoms with Gasteiger partial charge in [-0.1, -0.05) is 15.9 Å². The van der Waals surface area contributed by atoms with Gasteiger partial charge in [-0.15, -0.1) is 0 Å². The number of nitriles is 1. The molecule has 0 amide bonds. The number of sulfone groups is 1. The second-order valence-corrected chi connectivity index (χ2v) is 13.9. The molecular formula is C17H22BrF3N2O4S2. The molecule has 1 aromatic carbocycles. The minimum absolute atomic E-state index is 0.130. The summed E-state index contributed by atoms with van der Waals surface area (Å²) in [7, 11) is -9.22. The minimum Gasteiger partial charge on any atom is -0.227 e. The van der Waals surface area contributed by atoms with Crippen LogP contribution in [0.25, 0.3) is 0 Å². The predicted octanol–water partition coefficient (Wildman–Crippen LogP) is 3.48. The quantitative estimate of drug-likeness (QED) is 0.594. The van der Waals surface area contributed by atoms with E-state index in [1.54, 1.807) is 4.72 Å². The highest BCUT2D eigenvalue weighted by atomic mass is 79.9. The fourth-order valence-electron chi connectivity index (χ4n) is 2.17. The number of nitrogens with one attached hydrogen (secondary N) is 1. The number of hydrogen-bond donors (Lipinski definition) is 1. The molecule has 0 aliphatic carbocycles. The maximum atomic E-state index is 14.6. The molecule has 1 rings (SSSR count). The summed E-state index contributed by atoms with van der Waals surface area (Å²) >= 11 is 3.00. The van der Waals surface area contributed by atoms with Crippen molar-refractivity contribution in [2.45, 2.75) is 56.1 Å². The molecule has 1 aromatic rings. The average molecular weight is 519 g/mol. The molecule has 0 fully saturated rings. The van der Waals surface area contributed by atoms with Crippen LogP contribution in [-0.4, -0.2) is 38.5 Å². The van der Waals surface area contributed by atoms with Gasteiger partial charge in [-0.05, 0) is 52.8 Å². The Hall–Kier alpha value is -1.16. The molecule has 0 unspecified atom stereocenters. The van der Waals surface area contributed by atoms with Crippen LogP contribution in [0.15, 0.2) is 22.7 Å². The minimum atomic E-state index is -4.66. The van der Waals surface area contributed by atoms with Crippen molar-refractivity contribution in [1.29, 1.82) is 5.26 Å². The van der Waals surface area contributed by atoms with E-state index in [-0.39, 0.29) is 4.47 Å². The molecule has 1 atom stereocenters. The highest BCUT2D eigenvalue weighted by Gasteiger charge is 2.54. The first-order valence-electron chi connectivity index (χ1n) is 8.24. The molecule has 0 heterocycles. The lowest BCUT2D eigenvalue weighted by Gasteiger charge is -2.37. The van der Waals surface area contributed by atoms with Crippen LogP contribution in [0.4, 0.5) is 13.2 Å². The summed E-state index contributed by atoms with van der Waals surface area (Å²) in [6.45, 7) is 5.64. The van der Waals surface area contributed by atoms with Gasteiger partial charge in [0.2, 0.25) is 10.0 Å². The van der Waals surface area contributed by atoms with E-state index in [1.165, 1.54) is 32.9 Å². The SMILES string of the molecule is CC(C)(C#N)S(=O)(=O)C[C@@](NS(=O)(=O)C(C)(C)C)(c1cc(Br)ccc1F)C(F)F. The number of alkyl halides is 2. The van der Waals surface area contributed by atoms with Gasteiger partial charge in [-0.25, -0.2) is 30.0 Å². The van der Waals surface area contributed by atoms with Crippen molar-refractivity contribution in [3.63, 3.8) is 0 Å². The lowest BCUT2D eigenvalue weighted by atomic mass is 9.93. The lowest BCUT2D eigenvalue weighted by Crippen LogP contribution is -2.60. The van der Waals surface area contributed by atoms with Crippen LogP contribution >= 0.6 is 15.9 Å². The molecule has 12 heteroatoms. The van der Waals surface area contributed by atoms with Crippen molar-refractivity contribution >= 4 is 35.8 Å². The monoisotopic (exact) mass is 518 g/mol. The summed E-state index contributed by atoms with van der Waals surface area (Å²) in [5.74, 6) is -2.75. The van der Waals surface area contributed by atoms with Gasteiger partial charge < -0.3 is 0 Å². The first-order valence-corrected chi connectivity index (χ1v) is 12.2. The maximum Gasteiger partial charge on any atom is 0.262 e. The van der Waals surface area contributed by atoms with E-state index in [2.05, 4.69) is 15.9 Å². The molecule has 0 spiro atoms. The first kappa shape index (κ1) is 25.9. The van der Waals surface area contributed by atoms with Gasteiger partial charge in [0.25, 0.3) is 6.43 Å². The molecule has 0 saturated heterocycles. The summed E-state index contributed by atoms with van der Waals surface area (Å²) in [4.78, 5) is 0. The molecule has 1 N–H and O–H groups in total. The van der Waals surface area contributed by atoms with E-state index in [9.17, 15) is 30.0 Å². The van der Waals surface area contributed by atoms with E-state index >= 15 is 0 Å². The van der Waals surface area contributed by atoms with Crippen molar-refractivity contribution in [1.82, 2.24) is 4.72 Å². The van der Waals surface area contributed by atoms with E-state index < -0.39 is 58.5 Å².